The molecule has 1 aromatic rings. The second kappa shape index (κ2) is 6.36. The number of guanidine groups is 1. The molecule has 1 atom stereocenters. The first-order chi connectivity index (χ1) is 9.67. The van der Waals surface area contributed by atoms with Crippen molar-refractivity contribution in [2.75, 3.05) is 19.7 Å². The summed E-state index contributed by atoms with van der Waals surface area (Å²) in [5, 5.41) is 2.59. The Bertz CT molecular complexity index is 519. The second-order valence-corrected chi connectivity index (χ2v) is 4.33. The van der Waals surface area contributed by atoms with Crippen LogP contribution < -0.4 is 5.32 Å². The third-order valence-electron chi connectivity index (χ3n) is 3.16. The fourth-order valence-electron chi connectivity index (χ4n) is 2.26. The summed E-state index contributed by atoms with van der Waals surface area (Å²) in [7, 11) is 0. The number of alkyl carbamates (subject to hydrolysis) is 1. The smallest absolute Gasteiger partial charge is 0.413 e. The maximum absolute atomic E-state index is 13.9. The minimum absolute atomic E-state index is 0.196. The van der Waals surface area contributed by atoms with E-state index in [1.54, 1.807) is 25.1 Å². The van der Waals surface area contributed by atoms with Crippen molar-refractivity contribution >= 4 is 12.1 Å². The number of ether oxygens (including phenoxy) is 1. The summed E-state index contributed by atoms with van der Waals surface area (Å²) in [5.74, 6) is 0.169. The van der Waals surface area contributed by atoms with Gasteiger partial charge in [-0.15, -0.1) is 0 Å². The van der Waals surface area contributed by atoms with E-state index in [0.717, 1.165) is 0 Å². The van der Waals surface area contributed by atoms with Gasteiger partial charge in [0.15, 0.2) is 0 Å². The van der Waals surface area contributed by atoms with E-state index in [-0.39, 0.29) is 11.9 Å². The van der Waals surface area contributed by atoms with Crippen molar-refractivity contribution in [3.05, 3.63) is 35.6 Å². The molecule has 108 valence electrons. The number of nitrogens with one attached hydrogen (secondary N) is 1. The number of aliphatic imine (C=N–C) groups is 1. The van der Waals surface area contributed by atoms with Gasteiger partial charge in [0.1, 0.15) is 5.82 Å². The zero-order valence-electron chi connectivity index (χ0n) is 11.6. The molecule has 5 nitrogen and oxygen atoms in total. The van der Waals surface area contributed by atoms with Crippen LogP contribution in [0.15, 0.2) is 29.3 Å². The van der Waals surface area contributed by atoms with Crippen LogP contribution in [-0.2, 0) is 4.74 Å². The second-order valence-electron chi connectivity index (χ2n) is 4.33. The van der Waals surface area contributed by atoms with Gasteiger partial charge in [0.05, 0.1) is 19.2 Å². The molecule has 20 heavy (non-hydrogen) atoms. The van der Waals surface area contributed by atoms with Crippen LogP contribution in [0.4, 0.5) is 9.18 Å². The molecule has 1 unspecified atom stereocenters. The fraction of sp³-hybridized carbons (Fsp3) is 0.429. The average molecular weight is 279 g/mol. The maximum Gasteiger partial charge on any atom is 0.413 e. The molecule has 1 aromatic carbocycles. The van der Waals surface area contributed by atoms with E-state index in [1.807, 2.05) is 11.8 Å². The van der Waals surface area contributed by atoms with Crippen molar-refractivity contribution in [2.45, 2.75) is 19.9 Å². The Morgan fingerprint density at radius 2 is 2.25 bits per heavy atom. The Hall–Kier alpha value is -2.11. The Morgan fingerprint density at radius 1 is 1.50 bits per heavy atom. The van der Waals surface area contributed by atoms with E-state index in [2.05, 4.69) is 10.3 Å². The Kier molecular flexibility index (Phi) is 4.55. The molecule has 0 radical (unpaired) electrons. The van der Waals surface area contributed by atoms with Crippen LogP contribution >= 0.6 is 0 Å². The summed E-state index contributed by atoms with van der Waals surface area (Å²) in [5.41, 5.74) is 0.582. The van der Waals surface area contributed by atoms with Gasteiger partial charge in [0, 0.05) is 12.1 Å². The average Bonchev–Trinajstić information content (AvgIpc) is 2.82. The number of halogens is 1. The van der Waals surface area contributed by atoms with Crippen molar-refractivity contribution in [1.29, 1.82) is 0 Å². The molecule has 0 saturated heterocycles. The predicted octanol–water partition coefficient (Wildman–Crippen LogP) is 2.30. The first-order valence-corrected chi connectivity index (χ1v) is 6.66. The summed E-state index contributed by atoms with van der Waals surface area (Å²) >= 11 is 0. The summed E-state index contributed by atoms with van der Waals surface area (Å²) < 4.78 is 18.7. The molecule has 1 aliphatic heterocycles. The van der Waals surface area contributed by atoms with Crippen LogP contribution in [0.1, 0.15) is 25.5 Å². The number of hydrogen-bond donors (Lipinski definition) is 1. The first-order valence-electron chi connectivity index (χ1n) is 6.66. The predicted molar refractivity (Wildman–Crippen MR) is 74.0 cm³/mol. The highest BCUT2D eigenvalue weighted by Gasteiger charge is 2.30. The molecule has 0 aromatic heterocycles. The van der Waals surface area contributed by atoms with Gasteiger partial charge in [-0.05, 0) is 19.9 Å². The topological polar surface area (TPSA) is 53.9 Å². The highest BCUT2D eigenvalue weighted by molar-refractivity contribution is 5.95. The van der Waals surface area contributed by atoms with Gasteiger partial charge in [-0.3, -0.25) is 10.3 Å². The van der Waals surface area contributed by atoms with E-state index in [1.165, 1.54) is 6.07 Å². The van der Waals surface area contributed by atoms with E-state index in [4.69, 9.17) is 4.74 Å². The zero-order chi connectivity index (χ0) is 14.5. The van der Waals surface area contributed by atoms with E-state index in [9.17, 15) is 9.18 Å². The fourth-order valence-corrected chi connectivity index (χ4v) is 2.26. The lowest BCUT2D eigenvalue weighted by molar-refractivity contribution is 0.156. The minimum Gasteiger partial charge on any atom is -0.450 e. The minimum atomic E-state index is -0.543. The van der Waals surface area contributed by atoms with Crippen molar-refractivity contribution < 1.29 is 13.9 Å². The van der Waals surface area contributed by atoms with Crippen LogP contribution in [0, 0.1) is 5.82 Å². The standard InChI is InChI=1S/C14H18FN3O2/c1-3-18-12(10-7-5-6-8-11(10)15)9-16-13(18)17-14(19)20-4-2/h5-8,12H,3-4,9H2,1-2H3,(H,16,17,19). The molecular formula is C14H18FN3O2. The number of rotatable bonds is 3. The van der Waals surface area contributed by atoms with E-state index >= 15 is 0 Å². The molecular weight excluding hydrogens is 261 g/mol. The third kappa shape index (κ3) is 2.89. The molecule has 0 spiro atoms. The van der Waals surface area contributed by atoms with Crippen molar-refractivity contribution in [1.82, 2.24) is 10.2 Å². The Balaban J connectivity index is 2.13. The molecule has 1 N–H and O–H groups in total. The van der Waals surface area contributed by atoms with Crippen LogP contribution in [-0.4, -0.2) is 36.6 Å². The van der Waals surface area contributed by atoms with Gasteiger partial charge in [-0.2, -0.15) is 0 Å². The summed E-state index contributed by atoms with van der Waals surface area (Å²) in [6.07, 6.45) is -0.543. The molecule has 0 fully saturated rings. The number of benzene rings is 1. The van der Waals surface area contributed by atoms with Crippen molar-refractivity contribution in [2.24, 2.45) is 4.99 Å². The van der Waals surface area contributed by atoms with Crippen LogP contribution in [0.25, 0.3) is 0 Å². The van der Waals surface area contributed by atoms with Crippen molar-refractivity contribution in [3.8, 4) is 0 Å². The normalized spacial score (nSPS) is 17.9. The SMILES string of the molecule is CCOC(=O)NC1=NCC(c2ccccc2F)N1CC. The van der Waals surface area contributed by atoms with Crippen molar-refractivity contribution in [3.63, 3.8) is 0 Å². The number of amides is 1. The lowest BCUT2D eigenvalue weighted by atomic mass is 10.1. The quantitative estimate of drug-likeness (QED) is 0.923. The largest absolute Gasteiger partial charge is 0.450 e. The number of nitrogens with zero attached hydrogens (tertiary/aromatic N) is 2. The molecule has 2 rings (SSSR count). The molecule has 1 heterocycles. The molecule has 0 bridgehead atoms. The van der Waals surface area contributed by atoms with Crippen LogP contribution in [0.3, 0.4) is 0 Å². The first kappa shape index (κ1) is 14.3. The molecule has 6 heteroatoms. The highest BCUT2D eigenvalue weighted by Crippen LogP contribution is 2.27. The molecule has 1 amide bonds. The lowest BCUT2D eigenvalue weighted by Crippen LogP contribution is -2.43. The van der Waals surface area contributed by atoms with Gasteiger partial charge >= 0.3 is 6.09 Å². The van der Waals surface area contributed by atoms with E-state index < -0.39 is 6.09 Å². The van der Waals surface area contributed by atoms with Crippen LogP contribution in [0.5, 0.6) is 0 Å². The third-order valence-corrected chi connectivity index (χ3v) is 3.16. The Labute approximate surface area is 117 Å². The van der Waals surface area contributed by atoms with Gasteiger partial charge in [0.2, 0.25) is 5.96 Å². The highest BCUT2D eigenvalue weighted by atomic mass is 19.1. The lowest BCUT2D eigenvalue weighted by Gasteiger charge is -2.26. The summed E-state index contributed by atoms with van der Waals surface area (Å²) in [6.45, 7) is 4.99. The van der Waals surface area contributed by atoms with Gasteiger partial charge in [-0.25, -0.2) is 9.18 Å². The number of likely N-dealkylation sites (N-methyl/N-ethyl adjacent to an activating group) is 1. The summed E-state index contributed by atoms with van der Waals surface area (Å²) in [6, 6.07) is 6.43. The summed E-state index contributed by atoms with van der Waals surface area (Å²) in [4.78, 5) is 17.6. The van der Waals surface area contributed by atoms with Crippen LogP contribution in [0.2, 0.25) is 0 Å². The zero-order valence-corrected chi connectivity index (χ0v) is 11.6. The molecule has 0 aliphatic carbocycles. The number of carbonyl (C=O) groups excluding carboxylic acids is 1. The number of carbonyl (C=O) groups is 1. The Morgan fingerprint density at radius 3 is 2.90 bits per heavy atom. The van der Waals surface area contributed by atoms with Gasteiger partial charge in [0.25, 0.3) is 0 Å². The molecule has 0 saturated carbocycles. The number of hydrogen-bond acceptors (Lipinski definition) is 4. The monoisotopic (exact) mass is 279 g/mol. The maximum atomic E-state index is 13.9. The molecule has 1 aliphatic rings. The van der Waals surface area contributed by atoms with Gasteiger partial charge in [-0.1, -0.05) is 18.2 Å². The van der Waals surface area contributed by atoms with E-state index in [0.29, 0.717) is 31.2 Å². The van der Waals surface area contributed by atoms with Gasteiger partial charge < -0.3 is 9.64 Å².